The zero-order valence-corrected chi connectivity index (χ0v) is 18.1. The number of Topliss-reactive ketones (excluding diaryl/α,β-unsaturated/α-hetero) is 1. The topological polar surface area (TPSA) is 98.8 Å². The maximum atomic E-state index is 13.4. The number of hydrogen-bond acceptors (Lipinski definition) is 9. The van der Waals surface area contributed by atoms with Gasteiger partial charge in [0.15, 0.2) is 17.6 Å². The smallest absolute Gasteiger partial charge is 0.303 e. The molecule has 0 aromatic heterocycles. The van der Waals surface area contributed by atoms with E-state index in [0.717, 1.165) is 0 Å². The molecule has 0 saturated heterocycles. The SMILES string of the molecule is COc1cc(OC)c2c(c1)O[C@H](c1cc(OC)c(OC)c(OC)c1)[C@@H](OC(C)=O)C2=O. The van der Waals surface area contributed by atoms with E-state index in [2.05, 4.69) is 0 Å². The Morgan fingerprint density at radius 3 is 1.94 bits per heavy atom. The minimum atomic E-state index is -1.25. The first kappa shape index (κ1) is 22.1. The number of carbonyl (C=O) groups excluding carboxylic acids is 2. The van der Waals surface area contributed by atoms with Crippen molar-refractivity contribution in [2.24, 2.45) is 0 Å². The number of methoxy groups -OCH3 is 5. The van der Waals surface area contributed by atoms with E-state index < -0.39 is 24.0 Å². The Bertz CT molecular complexity index is 974. The summed E-state index contributed by atoms with van der Waals surface area (Å²) >= 11 is 0. The molecular formula is C22H24O9. The average Bonchev–Trinajstić information content (AvgIpc) is 2.78. The Labute approximate surface area is 179 Å². The second kappa shape index (κ2) is 9.03. The summed E-state index contributed by atoms with van der Waals surface area (Å²) in [4.78, 5) is 25.2. The highest BCUT2D eigenvalue weighted by atomic mass is 16.6. The van der Waals surface area contributed by atoms with E-state index in [1.807, 2.05) is 0 Å². The van der Waals surface area contributed by atoms with E-state index >= 15 is 0 Å². The maximum Gasteiger partial charge on any atom is 0.303 e. The third-order valence-electron chi connectivity index (χ3n) is 4.84. The van der Waals surface area contributed by atoms with Gasteiger partial charge in [-0.15, -0.1) is 0 Å². The third kappa shape index (κ3) is 4.03. The molecule has 1 aliphatic rings. The molecule has 166 valence electrons. The van der Waals surface area contributed by atoms with Crippen LogP contribution in [0.5, 0.6) is 34.5 Å². The summed E-state index contributed by atoms with van der Waals surface area (Å²) < 4.78 is 38.3. The lowest BCUT2D eigenvalue weighted by atomic mass is 9.92. The van der Waals surface area contributed by atoms with Gasteiger partial charge in [0.25, 0.3) is 0 Å². The van der Waals surface area contributed by atoms with Crippen LogP contribution < -0.4 is 28.4 Å². The highest BCUT2D eigenvalue weighted by Crippen LogP contribution is 2.46. The van der Waals surface area contributed by atoms with E-state index in [1.165, 1.54) is 42.5 Å². The molecule has 1 heterocycles. The van der Waals surface area contributed by atoms with Crippen LogP contribution in [0, 0.1) is 0 Å². The highest BCUT2D eigenvalue weighted by Gasteiger charge is 2.43. The lowest BCUT2D eigenvalue weighted by Crippen LogP contribution is -2.39. The van der Waals surface area contributed by atoms with Crippen molar-refractivity contribution in [3.05, 3.63) is 35.4 Å². The minimum absolute atomic E-state index is 0.165. The van der Waals surface area contributed by atoms with Crippen LogP contribution in [0.15, 0.2) is 24.3 Å². The van der Waals surface area contributed by atoms with Crippen molar-refractivity contribution < 1.29 is 42.7 Å². The summed E-state index contributed by atoms with van der Waals surface area (Å²) in [6.07, 6.45) is -2.23. The molecule has 0 amide bonds. The fraction of sp³-hybridized carbons (Fsp3) is 0.364. The first-order valence-electron chi connectivity index (χ1n) is 9.32. The second-order valence-electron chi connectivity index (χ2n) is 6.59. The molecule has 0 unspecified atom stereocenters. The monoisotopic (exact) mass is 432 g/mol. The maximum absolute atomic E-state index is 13.4. The number of carbonyl (C=O) groups is 2. The van der Waals surface area contributed by atoms with Crippen LogP contribution in [0.4, 0.5) is 0 Å². The molecule has 0 aliphatic carbocycles. The summed E-state index contributed by atoms with van der Waals surface area (Å²) in [5.74, 6) is 0.946. The van der Waals surface area contributed by atoms with Gasteiger partial charge in [0, 0.05) is 24.6 Å². The highest BCUT2D eigenvalue weighted by molar-refractivity contribution is 6.06. The zero-order chi connectivity index (χ0) is 22.7. The number of rotatable bonds is 7. The lowest BCUT2D eigenvalue weighted by Gasteiger charge is -2.33. The Kier molecular flexibility index (Phi) is 6.43. The number of esters is 1. The van der Waals surface area contributed by atoms with Crippen molar-refractivity contribution in [1.29, 1.82) is 0 Å². The zero-order valence-electron chi connectivity index (χ0n) is 18.1. The van der Waals surface area contributed by atoms with Gasteiger partial charge in [0.1, 0.15) is 22.8 Å². The first-order valence-corrected chi connectivity index (χ1v) is 9.32. The average molecular weight is 432 g/mol. The molecule has 0 bridgehead atoms. The quantitative estimate of drug-likeness (QED) is 0.612. The number of ketones is 1. The third-order valence-corrected chi connectivity index (χ3v) is 4.84. The Morgan fingerprint density at radius 1 is 0.839 bits per heavy atom. The number of fused-ring (bicyclic) bond motifs is 1. The predicted octanol–water partition coefficient (Wildman–Crippen LogP) is 2.98. The predicted molar refractivity (Wildman–Crippen MR) is 109 cm³/mol. The molecule has 2 aromatic carbocycles. The van der Waals surface area contributed by atoms with Crippen LogP contribution >= 0.6 is 0 Å². The van der Waals surface area contributed by atoms with Gasteiger partial charge in [-0.05, 0) is 12.1 Å². The van der Waals surface area contributed by atoms with Crippen molar-refractivity contribution >= 4 is 11.8 Å². The van der Waals surface area contributed by atoms with Gasteiger partial charge < -0.3 is 33.2 Å². The van der Waals surface area contributed by atoms with E-state index in [4.69, 9.17) is 33.2 Å². The van der Waals surface area contributed by atoms with Gasteiger partial charge in [-0.3, -0.25) is 9.59 Å². The first-order chi connectivity index (χ1) is 14.9. The van der Waals surface area contributed by atoms with E-state index in [1.54, 1.807) is 24.3 Å². The second-order valence-corrected chi connectivity index (χ2v) is 6.59. The van der Waals surface area contributed by atoms with Gasteiger partial charge in [-0.25, -0.2) is 0 Å². The van der Waals surface area contributed by atoms with Gasteiger partial charge in [-0.2, -0.15) is 0 Å². The summed E-state index contributed by atoms with van der Waals surface area (Å²) in [5.41, 5.74) is 0.653. The summed E-state index contributed by atoms with van der Waals surface area (Å²) in [5, 5.41) is 0. The normalized spacial score (nSPS) is 17.2. The molecule has 0 spiro atoms. The fourth-order valence-corrected chi connectivity index (χ4v) is 3.46. The minimum Gasteiger partial charge on any atom is -0.496 e. The lowest BCUT2D eigenvalue weighted by molar-refractivity contribution is -0.148. The molecule has 2 aromatic rings. The van der Waals surface area contributed by atoms with Crippen LogP contribution in [0.3, 0.4) is 0 Å². The van der Waals surface area contributed by atoms with E-state index in [9.17, 15) is 9.59 Å². The van der Waals surface area contributed by atoms with Crippen molar-refractivity contribution in [2.45, 2.75) is 19.1 Å². The van der Waals surface area contributed by atoms with Crippen LogP contribution in [0.2, 0.25) is 0 Å². The van der Waals surface area contributed by atoms with Gasteiger partial charge >= 0.3 is 5.97 Å². The van der Waals surface area contributed by atoms with Crippen molar-refractivity contribution in [2.75, 3.05) is 35.5 Å². The van der Waals surface area contributed by atoms with Crippen molar-refractivity contribution in [3.63, 3.8) is 0 Å². The van der Waals surface area contributed by atoms with E-state index in [-0.39, 0.29) is 17.1 Å². The Morgan fingerprint density at radius 2 is 1.45 bits per heavy atom. The molecule has 0 radical (unpaired) electrons. The molecular weight excluding hydrogens is 408 g/mol. The molecule has 31 heavy (non-hydrogen) atoms. The van der Waals surface area contributed by atoms with Crippen molar-refractivity contribution in [3.8, 4) is 34.5 Å². The molecule has 3 rings (SSSR count). The van der Waals surface area contributed by atoms with Gasteiger partial charge in [-0.1, -0.05) is 0 Å². The number of ether oxygens (including phenoxy) is 7. The molecule has 0 saturated carbocycles. The van der Waals surface area contributed by atoms with Crippen LogP contribution in [-0.4, -0.2) is 53.4 Å². The Balaban J connectivity index is 2.20. The van der Waals surface area contributed by atoms with E-state index in [0.29, 0.717) is 28.6 Å². The molecule has 1 aliphatic heterocycles. The standard InChI is InChI=1S/C22H24O9/c1-11(23)30-22-19(24)18-14(26-3)9-13(25-2)10-15(18)31-20(22)12-7-16(27-4)21(29-6)17(8-12)28-5/h7-10,20,22H,1-6H3/t20-,22+/m1/s1. The molecule has 9 heteroatoms. The number of hydrogen-bond donors (Lipinski definition) is 0. The van der Waals surface area contributed by atoms with Crippen LogP contribution in [-0.2, 0) is 9.53 Å². The molecule has 9 nitrogen and oxygen atoms in total. The van der Waals surface area contributed by atoms with Gasteiger partial charge in [0.2, 0.25) is 17.6 Å². The van der Waals surface area contributed by atoms with Gasteiger partial charge in [0.05, 0.1) is 35.5 Å². The largest absolute Gasteiger partial charge is 0.496 e. The fourth-order valence-electron chi connectivity index (χ4n) is 3.46. The summed E-state index contributed by atoms with van der Waals surface area (Å²) in [6.45, 7) is 1.22. The summed E-state index contributed by atoms with van der Waals surface area (Å²) in [7, 11) is 7.35. The van der Waals surface area contributed by atoms with Crippen LogP contribution in [0.1, 0.15) is 28.9 Å². The summed E-state index contributed by atoms with van der Waals surface area (Å²) in [6, 6.07) is 6.41. The molecule has 0 fully saturated rings. The van der Waals surface area contributed by atoms with Crippen molar-refractivity contribution in [1.82, 2.24) is 0 Å². The number of benzene rings is 2. The Hall–Kier alpha value is -3.62. The molecule has 0 N–H and O–H groups in total. The molecule has 2 atom stereocenters. The van der Waals surface area contributed by atoms with Crippen LogP contribution in [0.25, 0.3) is 0 Å².